The van der Waals surface area contributed by atoms with Crippen LogP contribution in [0.25, 0.3) is 0 Å². The molecule has 0 fully saturated rings. The van der Waals surface area contributed by atoms with E-state index < -0.39 is 0 Å². The number of rotatable bonds is 7. The Kier molecular flexibility index (Phi) is 6.16. The molecule has 0 bridgehead atoms. The lowest BCUT2D eigenvalue weighted by atomic mass is 10.0. The van der Waals surface area contributed by atoms with Crippen molar-refractivity contribution in [1.82, 2.24) is 5.32 Å². The summed E-state index contributed by atoms with van der Waals surface area (Å²) in [6, 6.07) is 4.12. The smallest absolute Gasteiger partial charge is 0.122 e. The van der Waals surface area contributed by atoms with Gasteiger partial charge in [-0.05, 0) is 48.9 Å². The molecule has 1 aromatic carbocycles. The lowest BCUT2D eigenvalue weighted by Gasteiger charge is -2.15. The SMILES string of the molecule is CCC(CO)CNCc1ccc(OC)c(C)c1C. The van der Waals surface area contributed by atoms with Gasteiger partial charge in [-0.25, -0.2) is 0 Å². The molecular weight excluding hydrogens is 226 g/mol. The fourth-order valence-corrected chi connectivity index (χ4v) is 2.01. The first-order valence-electron chi connectivity index (χ1n) is 6.58. The third kappa shape index (κ3) is 3.72. The Balaban J connectivity index is 2.60. The van der Waals surface area contributed by atoms with Crippen molar-refractivity contribution in [1.29, 1.82) is 0 Å². The predicted molar refractivity (Wildman–Crippen MR) is 75.0 cm³/mol. The monoisotopic (exact) mass is 251 g/mol. The first kappa shape index (κ1) is 15.0. The van der Waals surface area contributed by atoms with Crippen LogP contribution in [0, 0.1) is 19.8 Å². The molecule has 0 aliphatic heterocycles. The van der Waals surface area contributed by atoms with Crippen LogP contribution in [0.3, 0.4) is 0 Å². The number of ether oxygens (including phenoxy) is 1. The molecule has 3 nitrogen and oxygen atoms in total. The Hall–Kier alpha value is -1.06. The van der Waals surface area contributed by atoms with Gasteiger partial charge in [0.15, 0.2) is 0 Å². The molecule has 2 N–H and O–H groups in total. The summed E-state index contributed by atoms with van der Waals surface area (Å²) in [4.78, 5) is 0. The van der Waals surface area contributed by atoms with Gasteiger partial charge in [-0.1, -0.05) is 13.0 Å². The first-order chi connectivity index (χ1) is 8.63. The predicted octanol–water partition coefficient (Wildman–Crippen LogP) is 2.42. The molecule has 3 heteroatoms. The number of benzene rings is 1. The Morgan fingerprint density at radius 2 is 2.00 bits per heavy atom. The highest BCUT2D eigenvalue weighted by atomic mass is 16.5. The highest BCUT2D eigenvalue weighted by molar-refractivity contribution is 5.43. The number of hydrogen-bond acceptors (Lipinski definition) is 3. The van der Waals surface area contributed by atoms with Crippen LogP contribution in [0.4, 0.5) is 0 Å². The van der Waals surface area contributed by atoms with E-state index in [-0.39, 0.29) is 6.61 Å². The Bertz CT molecular complexity index is 373. The summed E-state index contributed by atoms with van der Waals surface area (Å²) in [6.07, 6.45) is 1.00. The number of methoxy groups -OCH3 is 1. The van der Waals surface area contributed by atoms with Crippen molar-refractivity contribution < 1.29 is 9.84 Å². The summed E-state index contributed by atoms with van der Waals surface area (Å²) >= 11 is 0. The van der Waals surface area contributed by atoms with Gasteiger partial charge in [-0.3, -0.25) is 0 Å². The van der Waals surface area contributed by atoms with Gasteiger partial charge in [0.2, 0.25) is 0 Å². The highest BCUT2D eigenvalue weighted by Crippen LogP contribution is 2.23. The molecule has 1 atom stereocenters. The van der Waals surface area contributed by atoms with Crippen LogP contribution in [0.1, 0.15) is 30.0 Å². The average molecular weight is 251 g/mol. The number of nitrogens with one attached hydrogen (secondary N) is 1. The molecule has 0 amide bonds. The third-order valence-corrected chi connectivity index (χ3v) is 3.65. The Labute approximate surface area is 110 Å². The maximum Gasteiger partial charge on any atom is 0.122 e. The standard InChI is InChI=1S/C15H25NO2/c1-5-13(10-17)8-16-9-14-6-7-15(18-4)12(3)11(14)2/h6-7,13,16-17H,5,8-10H2,1-4H3. The van der Waals surface area contributed by atoms with Crippen molar-refractivity contribution in [3.8, 4) is 5.75 Å². The zero-order valence-corrected chi connectivity index (χ0v) is 11.9. The van der Waals surface area contributed by atoms with E-state index >= 15 is 0 Å². The Morgan fingerprint density at radius 3 is 2.56 bits per heavy atom. The molecule has 0 aliphatic carbocycles. The molecule has 0 aliphatic rings. The minimum absolute atomic E-state index is 0.254. The van der Waals surface area contributed by atoms with Crippen molar-refractivity contribution in [3.05, 3.63) is 28.8 Å². The van der Waals surface area contributed by atoms with Gasteiger partial charge in [0.05, 0.1) is 7.11 Å². The minimum atomic E-state index is 0.254. The van der Waals surface area contributed by atoms with Gasteiger partial charge >= 0.3 is 0 Å². The van der Waals surface area contributed by atoms with Crippen LogP contribution < -0.4 is 10.1 Å². The van der Waals surface area contributed by atoms with Gasteiger partial charge in [-0.15, -0.1) is 0 Å². The number of aliphatic hydroxyl groups is 1. The van der Waals surface area contributed by atoms with Crippen LogP contribution >= 0.6 is 0 Å². The van der Waals surface area contributed by atoms with Gasteiger partial charge in [0, 0.05) is 19.7 Å². The largest absolute Gasteiger partial charge is 0.496 e. The van der Waals surface area contributed by atoms with Gasteiger partial charge < -0.3 is 15.2 Å². The van der Waals surface area contributed by atoms with E-state index in [1.54, 1.807) is 7.11 Å². The molecule has 0 heterocycles. The zero-order valence-electron chi connectivity index (χ0n) is 11.9. The van der Waals surface area contributed by atoms with Gasteiger partial charge in [0.1, 0.15) is 5.75 Å². The molecular formula is C15H25NO2. The van der Waals surface area contributed by atoms with E-state index in [1.807, 2.05) is 6.07 Å². The third-order valence-electron chi connectivity index (χ3n) is 3.65. The Morgan fingerprint density at radius 1 is 1.28 bits per heavy atom. The normalized spacial score (nSPS) is 12.5. The average Bonchev–Trinajstić information content (AvgIpc) is 2.39. The molecule has 0 saturated carbocycles. The van der Waals surface area contributed by atoms with Crippen LogP contribution in [0.2, 0.25) is 0 Å². The van der Waals surface area contributed by atoms with E-state index in [9.17, 15) is 0 Å². The summed E-state index contributed by atoms with van der Waals surface area (Å²) in [5.74, 6) is 1.29. The molecule has 1 rings (SSSR count). The van der Waals surface area contributed by atoms with E-state index in [2.05, 4.69) is 32.2 Å². The lowest BCUT2D eigenvalue weighted by Crippen LogP contribution is -2.24. The van der Waals surface area contributed by atoms with E-state index in [0.717, 1.165) is 25.3 Å². The number of hydrogen-bond donors (Lipinski definition) is 2. The van der Waals surface area contributed by atoms with Crippen LogP contribution in [-0.4, -0.2) is 25.4 Å². The second-order valence-corrected chi connectivity index (χ2v) is 4.76. The molecule has 18 heavy (non-hydrogen) atoms. The van der Waals surface area contributed by atoms with Crippen molar-refractivity contribution in [2.75, 3.05) is 20.3 Å². The minimum Gasteiger partial charge on any atom is -0.496 e. The lowest BCUT2D eigenvalue weighted by molar-refractivity contribution is 0.218. The van der Waals surface area contributed by atoms with Crippen LogP contribution in [0.15, 0.2) is 12.1 Å². The molecule has 1 aromatic rings. The second kappa shape index (κ2) is 7.39. The molecule has 0 radical (unpaired) electrons. The second-order valence-electron chi connectivity index (χ2n) is 4.76. The van der Waals surface area contributed by atoms with Crippen molar-refractivity contribution in [3.63, 3.8) is 0 Å². The van der Waals surface area contributed by atoms with Crippen molar-refractivity contribution in [2.24, 2.45) is 5.92 Å². The van der Waals surface area contributed by atoms with Gasteiger partial charge in [-0.2, -0.15) is 0 Å². The maximum absolute atomic E-state index is 9.13. The number of aliphatic hydroxyl groups excluding tert-OH is 1. The molecule has 0 aromatic heterocycles. The zero-order chi connectivity index (χ0) is 13.5. The summed E-state index contributed by atoms with van der Waals surface area (Å²) in [5.41, 5.74) is 3.77. The van der Waals surface area contributed by atoms with Crippen molar-refractivity contribution in [2.45, 2.75) is 33.7 Å². The summed E-state index contributed by atoms with van der Waals surface area (Å²) in [7, 11) is 1.70. The summed E-state index contributed by atoms with van der Waals surface area (Å²) < 4.78 is 5.30. The fraction of sp³-hybridized carbons (Fsp3) is 0.600. The quantitative estimate of drug-likeness (QED) is 0.782. The van der Waals surface area contributed by atoms with E-state index in [4.69, 9.17) is 9.84 Å². The summed E-state index contributed by atoms with van der Waals surface area (Å²) in [5, 5.41) is 12.5. The van der Waals surface area contributed by atoms with Crippen LogP contribution in [0.5, 0.6) is 5.75 Å². The van der Waals surface area contributed by atoms with E-state index in [1.165, 1.54) is 16.7 Å². The first-order valence-corrected chi connectivity index (χ1v) is 6.58. The molecule has 0 saturated heterocycles. The van der Waals surface area contributed by atoms with E-state index in [0.29, 0.717) is 5.92 Å². The summed E-state index contributed by atoms with van der Waals surface area (Å²) in [6.45, 7) is 8.26. The molecule has 0 spiro atoms. The maximum atomic E-state index is 9.13. The van der Waals surface area contributed by atoms with Crippen molar-refractivity contribution >= 4 is 0 Å². The highest BCUT2D eigenvalue weighted by Gasteiger charge is 2.08. The van der Waals surface area contributed by atoms with Crippen LogP contribution in [-0.2, 0) is 6.54 Å². The topological polar surface area (TPSA) is 41.5 Å². The molecule has 1 unspecified atom stereocenters. The van der Waals surface area contributed by atoms with Gasteiger partial charge in [0.25, 0.3) is 0 Å². The molecule has 102 valence electrons. The fourth-order valence-electron chi connectivity index (χ4n) is 2.01.